The van der Waals surface area contributed by atoms with E-state index in [9.17, 15) is 0 Å². The highest BCUT2D eigenvalue weighted by Crippen LogP contribution is 2.55. The molecule has 5 heteroatoms. The maximum atomic E-state index is 2.83. The number of para-hydroxylation sites is 4. The summed E-state index contributed by atoms with van der Waals surface area (Å²) in [5.74, 6) is 0. The number of hydrogen-bond donors (Lipinski definition) is 0. The van der Waals surface area contributed by atoms with Gasteiger partial charge in [-0.25, -0.2) is 0 Å². The fourth-order valence-electron chi connectivity index (χ4n) is 8.81. The lowest BCUT2D eigenvalue weighted by atomic mass is 10.0. The first-order chi connectivity index (χ1) is 20.6. The molecule has 0 atom stereocenters. The normalized spacial score (nSPS) is 14.5. The van der Waals surface area contributed by atoms with Gasteiger partial charge >= 0.3 is 8.72 Å². The van der Waals surface area contributed by atoms with Crippen LogP contribution < -0.4 is 0 Å². The first kappa shape index (κ1) is 22.9. The Morgan fingerprint density at radius 2 is 0.738 bits per heavy atom. The predicted octanol–water partition coefficient (Wildman–Crippen LogP) is 8.88. The Balaban J connectivity index is 1.60. The first-order valence-corrected chi connectivity index (χ1v) is 16.8. The van der Waals surface area contributed by atoms with E-state index in [1.807, 2.05) is 0 Å². The van der Waals surface area contributed by atoms with Crippen LogP contribution in [0.4, 0.5) is 0 Å². The lowest BCUT2D eigenvalue weighted by molar-refractivity contribution is 0.958. The average molecular weight is 559 g/mol. The van der Waals surface area contributed by atoms with Crippen LogP contribution in [0.3, 0.4) is 0 Å². The van der Waals surface area contributed by atoms with Crippen molar-refractivity contribution in [1.29, 1.82) is 0 Å². The van der Waals surface area contributed by atoms with Crippen molar-refractivity contribution in [3.63, 3.8) is 0 Å². The van der Waals surface area contributed by atoms with Crippen molar-refractivity contribution < 1.29 is 0 Å². The van der Waals surface area contributed by atoms with E-state index in [4.69, 9.17) is 0 Å². The Morgan fingerprint density at radius 1 is 0.429 bits per heavy atom. The number of nitrogens with zero attached hydrogens (tertiary/aromatic N) is 4. The molecule has 2 aliphatic heterocycles. The minimum Gasteiger partial charge on any atom is -0.313 e. The lowest BCUT2D eigenvalue weighted by Crippen LogP contribution is -2.59. The molecular weight excluding hydrogens is 529 g/mol. The van der Waals surface area contributed by atoms with Crippen LogP contribution in [0.5, 0.6) is 0 Å². The number of rotatable bonds is 1. The van der Waals surface area contributed by atoms with Crippen LogP contribution in [0, 0.1) is 20.8 Å². The van der Waals surface area contributed by atoms with Crippen molar-refractivity contribution >= 4 is 52.3 Å². The zero-order chi connectivity index (χ0) is 28.1. The monoisotopic (exact) mass is 558 g/mol. The minimum absolute atomic E-state index is 0.991. The summed E-state index contributed by atoms with van der Waals surface area (Å²) in [5.41, 5.74) is 16.5. The molecule has 42 heavy (non-hydrogen) atoms. The largest absolute Gasteiger partial charge is 0.522 e. The van der Waals surface area contributed by atoms with E-state index in [-0.39, 0.29) is 0 Å². The minimum atomic E-state index is -3.08. The third-order valence-electron chi connectivity index (χ3n) is 10.4. The van der Waals surface area contributed by atoms with Gasteiger partial charge in [-0.2, -0.15) is 0 Å². The maximum Gasteiger partial charge on any atom is 0.522 e. The molecule has 8 aromatic rings. The van der Waals surface area contributed by atoms with Crippen LogP contribution in [0.1, 0.15) is 29.2 Å². The quantitative estimate of drug-likeness (QED) is 0.179. The summed E-state index contributed by atoms with van der Waals surface area (Å²) < 4.78 is 11.3. The summed E-state index contributed by atoms with van der Waals surface area (Å²) in [4.78, 5) is 0. The van der Waals surface area contributed by atoms with Crippen molar-refractivity contribution in [2.45, 2.75) is 34.1 Å². The Bertz CT molecular complexity index is 2410. The van der Waals surface area contributed by atoms with E-state index < -0.39 is 8.72 Å². The molecule has 0 N–H and O–H groups in total. The zero-order valence-corrected chi connectivity index (χ0v) is 25.2. The lowest BCUT2D eigenvalue weighted by Gasteiger charge is -2.32. The van der Waals surface area contributed by atoms with E-state index in [1.165, 1.54) is 88.6 Å². The number of hydrogen-bond acceptors (Lipinski definition) is 0. The molecule has 6 heterocycles. The molecule has 0 radical (unpaired) electrons. The molecule has 0 aliphatic carbocycles. The summed E-state index contributed by atoms with van der Waals surface area (Å²) in [7, 11) is -3.08. The third-order valence-corrected chi connectivity index (χ3v) is 14.6. The van der Waals surface area contributed by atoms with Gasteiger partial charge in [0.25, 0.3) is 0 Å². The van der Waals surface area contributed by atoms with Crippen LogP contribution in [0.15, 0.2) is 97.1 Å². The van der Waals surface area contributed by atoms with E-state index in [2.05, 4.69) is 142 Å². The van der Waals surface area contributed by atoms with Crippen molar-refractivity contribution in [1.82, 2.24) is 16.9 Å². The van der Waals surface area contributed by atoms with Gasteiger partial charge < -0.3 is 16.9 Å². The van der Waals surface area contributed by atoms with Crippen molar-refractivity contribution in [2.24, 2.45) is 0 Å². The van der Waals surface area contributed by atoms with Gasteiger partial charge in [0.1, 0.15) is 0 Å². The molecule has 4 aromatic heterocycles. The van der Waals surface area contributed by atoms with E-state index in [0.717, 1.165) is 6.42 Å². The van der Waals surface area contributed by atoms with Gasteiger partial charge in [-0.3, -0.25) is 0 Å². The second kappa shape index (κ2) is 7.36. The highest BCUT2D eigenvalue weighted by atomic mass is 28.4. The number of fused-ring (bicyclic) bond motifs is 18. The highest BCUT2D eigenvalue weighted by molar-refractivity contribution is 6.81. The fraction of sp³-hybridized carbons (Fsp3) is 0.135. The molecule has 4 aromatic carbocycles. The number of benzene rings is 4. The summed E-state index contributed by atoms with van der Waals surface area (Å²) in [6, 6.07) is 36.4. The van der Waals surface area contributed by atoms with Gasteiger partial charge in [0.2, 0.25) is 0 Å². The Morgan fingerprint density at radius 3 is 1.14 bits per heavy atom. The summed E-state index contributed by atoms with van der Waals surface area (Å²) in [6.07, 6.45) is 0.991. The molecule has 10 rings (SSSR count). The zero-order valence-electron chi connectivity index (χ0n) is 24.2. The second-order valence-electron chi connectivity index (χ2n) is 12.1. The molecule has 2 aliphatic rings. The standard InChI is InChI=1S/C37H30N4Si/c1-5-25-29-17-9-13-21-33(29)41-37(25)36-24(4)28-16-8-12-20-32(28)40(36)42(41)38-30-18-10-6-14-26(30)22(2)34(38)35-23(3)27-15-7-11-19-31(27)39(35)42/h6-21H,5H2,1-4H3. The van der Waals surface area contributed by atoms with Gasteiger partial charge in [0, 0.05) is 43.6 Å². The van der Waals surface area contributed by atoms with Gasteiger partial charge in [-0.05, 0) is 73.7 Å². The van der Waals surface area contributed by atoms with E-state index in [1.54, 1.807) is 0 Å². The van der Waals surface area contributed by atoms with Crippen LogP contribution in [0.2, 0.25) is 0 Å². The molecule has 4 nitrogen and oxygen atoms in total. The van der Waals surface area contributed by atoms with Crippen LogP contribution in [-0.4, -0.2) is 25.7 Å². The van der Waals surface area contributed by atoms with Gasteiger partial charge in [-0.15, -0.1) is 0 Å². The Labute approximate surface area is 245 Å². The summed E-state index contributed by atoms with van der Waals surface area (Å²) in [5, 5.41) is 5.44. The molecule has 0 saturated heterocycles. The average Bonchev–Trinajstić information content (AvgIpc) is 3.81. The van der Waals surface area contributed by atoms with Crippen molar-refractivity contribution in [3.8, 4) is 22.8 Å². The molecule has 0 fully saturated rings. The Hall–Kier alpha value is -4.74. The molecule has 1 spiro atoms. The summed E-state index contributed by atoms with van der Waals surface area (Å²) in [6.45, 7) is 9.35. The second-order valence-corrected chi connectivity index (χ2v) is 15.1. The van der Waals surface area contributed by atoms with Gasteiger partial charge in [0.15, 0.2) is 0 Å². The number of aromatic nitrogens is 4. The van der Waals surface area contributed by atoms with E-state index >= 15 is 0 Å². The van der Waals surface area contributed by atoms with Crippen molar-refractivity contribution in [2.75, 3.05) is 0 Å². The number of aryl methyl sites for hydroxylation is 4. The van der Waals surface area contributed by atoms with Crippen LogP contribution in [0.25, 0.3) is 66.4 Å². The molecule has 0 bridgehead atoms. The maximum absolute atomic E-state index is 3.08. The van der Waals surface area contributed by atoms with Crippen LogP contribution in [-0.2, 0) is 6.42 Å². The molecule has 0 amide bonds. The van der Waals surface area contributed by atoms with E-state index in [0.29, 0.717) is 0 Å². The smallest absolute Gasteiger partial charge is 0.313 e. The van der Waals surface area contributed by atoms with Gasteiger partial charge in [-0.1, -0.05) is 79.7 Å². The fourth-order valence-corrected chi connectivity index (χ4v) is 14.3. The SMILES string of the molecule is CCc1c2n(c3ccccc13)[Si]1(n3c(c(C)c4ccccc43)-c3c(C)c4ccccc4n31)n1c-2c(C)c2ccccc21. The molecule has 0 unspecified atom stereocenters. The molecule has 0 saturated carbocycles. The topological polar surface area (TPSA) is 19.7 Å². The van der Waals surface area contributed by atoms with Crippen LogP contribution >= 0.6 is 0 Å². The third kappa shape index (κ3) is 2.20. The molecular formula is C37H30N4Si. The highest BCUT2D eigenvalue weighted by Gasteiger charge is 2.62. The van der Waals surface area contributed by atoms with Crippen molar-refractivity contribution in [3.05, 3.63) is 119 Å². The summed E-state index contributed by atoms with van der Waals surface area (Å²) >= 11 is 0. The molecule has 202 valence electrons. The predicted molar refractivity (Wildman–Crippen MR) is 177 cm³/mol. The Kier molecular flexibility index (Phi) is 4.01. The van der Waals surface area contributed by atoms with Gasteiger partial charge in [0.05, 0.1) is 22.8 Å². The first-order valence-electron chi connectivity index (χ1n) is 15.1.